The molecule has 3 heteroatoms. The summed E-state index contributed by atoms with van der Waals surface area (Å²) in [5, 5.41) is 2.53. The smallest absolute Gasteiger partial charge is 0.218 e. The Morgan fingerprint density at radius 3 is 2.41 bits per heavy atom. The van der Waals surface area contributed by atoms with Crippen LogP contribution in [0.2, 0.25) is 0 Å². The van der Waals surface area contributed by atoms with Gasteiger partial charge in [-0.05, 0) is 31.2 Å². The molecule has 130 valence electrons. The fourth-order valence-corrected chi connectivity index (χ4v) is 4.43. The van der Waals surface area contributed by atoms with Gasteiger partial charge in [0.25, 0.3) is 0 Å². The van der Waals surface area contributed by atoms with Gasteiger partial charge in [-0.3, -0.25) is 0 Å². The van der Waals surface area contributed by atoms with Crippen molar-refractivity contribution in [1.82, 2.24) is 9.55 Å². The molecule has 1 aliphatic heterocycles. The summed E-state index contributed by atoms with van der Waals surface area (Å²) >= 11 is 0. The standard InChI is InChI=1S/C24H18N2O/c1-15-10-11-23-19(12-15)20-13-16(14-25-24(20)27-23)26-21-8-4-2-6-17(21)18-7-3-5-9-22(18)26/h2-14,19,23H,1H3. The first kappa shape index (κ1) is 14.8. The number of aromatic nitrogens is 2. The Balaban J connectivity index is 1.61. The van der Waals surface area contributed by atoms with Crippen LogP contribution in [0, 0.1) is 0 Å². The molecule has 0 saturated carbocycles. The average Bonchev–Trinajstić information content (AvgIpc) is 3.23. The van der Waals surface area contributed by atoms with Crippen molar-refractivity contribution in [3.63, 3.8) is 0 Å². The lowest BCUT2D eigenvalue weighted by molar-refractivity contribution is 0.260. The summed E-state index contributed by atoms with van der Waals surface area (Å²) in [5.41, 5.74) is 5.92. The van der Waals surface area contributed by atoms with Crippen LogP contribution in [0.5, 0.6) is 5.88 Å². The van der Waals surface area contributed by atoms with Crippen molar-refractivity contribution in [3.8, 4) is 11.6 Å². The minimum absolute atomic E-state index is 0.0598. The second kappa shape index (κ2) is 5.34. The third kappa shape index (κ3) is 2.05. The maximum atomic E-state index is 6.05. The predicted molar refractivity (Wildman–Crippen MR) is 109 cm³/mol. The molecule has 0 N–H and O–H groups in total. The molecule has 3 heterocycles. The zero-order valence-corrected chi connectivity index (χ0v) is 15.0. The van der Waals surface area contributed by atoms with E-state index in [1.54, 1.807) is 0 Å². The van der Waals surface area contributed by atoms with E-state index in [1.165, 1.54) is 32.9 Å². The normalized spacial score (nSPS) is 20.4. The second-order valence-electron chi connectivity index (χ2n) is 7.34. The topological polar surface area (TPSA) is 27.1 Å². The van der Waals surface area contributed by atoms with Gasteiger partial charge in [-0.2, -0.15) is 0 Å². The number of allylic oxidation sites excluding steroid dienone is 2. The number of hydrogen-bond donors (Lipinski definition) is 0. The van der Waals surface area contributed by atoms with Gasteiger partial charge in [0.2, 0.25) is 5.88 Å². The number of pyridine rings is 1. The summed E-state index contributed by atoms with van der Waals surface area (Å²) < 4.78 is 8.36. The summed E-state index contributed by atoms with van der Waals surface area (Å²) in [7, 11) is 0. The van der Waals surface area contributed by atoms with Crippen molar-refractivity contribution >= 4 is 21.8 Å². The van der Waals surface area contributed by atoms with Crippen LogP contribution in [-0.2, 0) is 0 Å². The van der Waals surface area contributed by atoms with E-state index >= 15 is 0 Å². The molecule has 0 spiro atoms. The van der Waals surface area contributed by atoms with Crippen molar-refractivity contribution in [1.29, 1.82) is 0 Å². The molecule has 0 saturated heterocycles. The molecule has 2 aromatic carbocycles. The molecule has 2 aromatic heterocycles. The molecule has 2 unspecified atom stereocenters. The Hall–Kier alpha value is -3.33. The summed E-state index contributed by atoms with van der Waals surface area (Å²) in [6, 6.07) is 19.4. The van der Waals surface area contributed by atoms with Gasteiger partial charge >= 0.3 is 0 Å². The van der Waals surface area contributed by atoms with E-state index in [4.69, 9.17) is 4.74 Å². The molecule has 2 aliphatic rings. The van der Waals surface area contributed by atoms with Crippen molar-refractivity contribution in [3.05, 3.63) is 90.2 Å². The van der Waals surface area contributed by atoms with Crippen LogP contribution in [0.1, 0.15) is 18.4 Å². The Morgan fingerprint density at radius 1 is 0.963 bits per heavy atom. The largest absolute Gasteiger partial charge is 0.469 e. The molecule has 2 atom stereocenters. The minimum Gasteiger partial charge on any atom is -0.469 e. The third-order valence-electron chi connectivity index (χ3n) is 5.65. The molecular weight excluding hydrogens is 332 g/mol. The highest BCUT2D eigenvalue weighted by atomic mass is 16.5. The summed E-state index contributed by atoms with van der Waals surface area (Å²) in [6.07, 6.45) is 8.54. The summed E-state index contributed by atoms with van der Waals surface area (Å²) in [5.74, 6) is 0.996. The molecule has 4 aromatic rings. The Morgan fingerprint density at radius 2 is 1.67 bits per heavy atom. The molecule has 0 amide bonds. The van der Waals surface area contributed by atoms with Crippen LogP contribution in [0.25, 0.3) is 27.5 Å². The quantitative estimate of drug-likeness (QED) is 0.451. The highest BCUT2D eigenvalue weighted by Crippen LogP contribution is 2.42. The fraction of sp³-hybridized carbons (Fsp3) is 0.125. The van der Waals surface area contributed by atoms with E-state index in [0.717, 1.165) is 11.6 Å². The van der Waals surface area contributed by atoms with Crippen LogP contribution < -0.4 is 4.74 Å². The number of benzene rings is 2. The fourth-order valence-electron chi connectivity index (χ4n) is 4.43. The molecule has 0 radical (unpaired) electrons. The van der Waals surface area contributed by atoms with Gasteiger partial charge < -0.3 is 9.30 Å². The van der Waals surface area contributed by atoms with Crippen LogP contribution in [0.4, 0.5) is 0 Å². The van der Waals surface area contributed by atoms with Gasteiger partial charge in [0.1, 0.15) is 6.10 Å². The van der Waals surface area contributed by atoms with Crippen molar-refractivity contribution in [2.45, 2.75) is 18.9 Å². The number of fused-ring (bicyclic) bond motifs is 6. The van der Waals surface area contributed by atoms with E-state index < -0.39 is 0 Å². The molecule has 6 rings (SSSR count). The van der Waals surface area contributed by atoms with Crippen LogP contribution in [-0.4, -0.2) is 15.7 Å². The Labute approximate surface area is 157 Å². The predicted octanol–water partition coefficient (Wildman–Crippen LogP) is 5.54. The first-order chi connectivity index (χ1) is 13.3. The number of hydrogen-bond acceptors (Lipinski definition) is 2. The van der Waals surface area contributed by atoms with E-state index in [1.807, 2.05) is 6.20 Å². The maximum Gasteiger partial charge on any atom is 0.218 e. The highest BCUT2D eigenvalue weighted by Gasteiger charge is 2.34. The third-order valence-corrected chi connectivity index (χ3v) is 5.65. The van der Waals surface area contributed by atoms with Crippen LogP contribution >= 0.6 is 0 Å². The number of nitrogens with zero attached hydrogens (tertiary/aromatic N) is 2. The monoisotopic (exact) mass is 350 g/mol. The molecule has 0 fully saturated rings. The van der Waals surface area contributed by atoms with Gasteiger partial charge in [0.15, 0.2) is 0 Å². The lowest BCUT2D eigenvalue weighted by Crippen LogP contribution is -2.16. The van der Waals surface area contributed by atoms with Crippen molar-refractivity contribution in [2.24, 2.45) is 0 Å². The van der Waals surface area contributed by atoms with Crippen LogP contribution in [0.15, 0.2) is 84.6 Å². The molecule has 1 aliphatic carbocycles. The molecule has 0 bridgehead atoms. The maximum absolute atomic E-state index is 6.05. The van der Waals surface area contributed by atoms with E-state index in [9.17, 15) is 0 Å². The van der Waals surface area contributed by atoms with Gasteiger partial charge in [0, 0.05) is 22.3 Å². The molecular formula is C24H18N2O. The molecule has 27 heavy (non-hydrogen) atoms. The van der Waals surface area contributed by atoms with E-state index in [0.29, 0.717) is 0 Å². The zero-order chi connectivity index (χ0) is 18.0. The number of ether oxygens (including phenoxy) is 1. The summed E-state index contributed by atoms with van der Waals surface area (Å²) in [6.45, 7) is 2.13. The average molecular weight is 350 g/mol. The Bertz CT molecular complexity index is 1230. The lowest BCUT2D eigenvalue weighted by atomic mass is 9.90. The number of para-hydroxylation sites is 2. The first-order valence-corrected chi connectivity index (χ1v) is 9.31. The first-order valence-electron chi connectivity index (χ1n) is 9.31. The van der Waals surface area contributed by atoms with Gasteiger partial charge in [-0.1, -0.05) is 54.1 Å². The Kier molecular flexibility index (Phi) is 2.92. The number of rotatable bonds is 1. The van der Waals surface area contributed by atoms with Gasteiger partial charge in [-0.15, -0.1) is 0 Å². The van der Waals surface area contributed by atoms with Crippen molar-refractivity contribution in [2.75, 3.05) is 0 Å². The SMILES string of the molecule is CC1=CC2c3cc(-n4c5ccccc5c5ccccc54)cnc3OC2C=C1. The lowest BCUT2D eigenvalue weighted by Gasteiger charge is -2.16. The van der Waals surface area contributed by atoms with Gasteiger partial charge in [0.05, 0.1) is 22.9 Å². The van der Waals surface area contributed by atoms with Crippen molar-refractivity contribution < 1.29 is 4.74 Å². The van der Waals surface area contributed by atoms with Gasteiger partial charge in [-0.25, -0.2) is 4.98 Å². The van der Waals surface area contributed by atoms with Crippen LogP contribution in [0.3, 0.4) is 0 Å². The highest BCUT2D eigenvalue weighted by molar-refractivity contribution is 6.09. The second-order valence-corrected chi connectivity index (χ2v) is 7.34. The van der Waals surface area contributed by atoms with E-state index in [2.05, 4.69) is 89.3 Å². The summed E-state index contributed by atoms with van der Waals surface area (Å²) in [4.78, 5) is 4.67. The minimum atomic E-state index is 0.0598. The molecule has 3 nitrogen and oxygen atoms in total. The van der Waals surface area contributed by atoms with E-state index in [-0.39, 0.29) is 12.0 Å². The zero-order valence-electron chi connectivity index (χ0n) is 15.0.